The largest absolute Gasteiger partial charge is 0.375 e. The Morgan fingerprint density at radius 1 is 1.38 bits per heavy atom. The summed E-state index contributed by atoms with van der Waals surface area (Å²) >= 11 is 5.91. The first kappa shape index (κ1) is 16.8. The lowest BCUT2D eigenvalue weighted by Gasteiger charge is -2.31. The summed E-state index contributed by atoms with van der Waals surface area (Å²) in [7, 11) is 0. The number of hydrogen-bond acceptors (Lipinski definition) is 2. The molecule has 2 aliphatic rings. The van der Waals surface area contributed by atoms with Gasteiger partial charge in [-0.2, -0.15) is 0 Å². The first-order valence-electron chi connectivity index (χ1n) is 7.09. The van der Waals surface area contributed by atoms with Crippen LogP contribution in [0.15, 0.2) is 29.3 Å². The maximum Gasteiger partial charge on any atom is 0.191 e. The zero-order valence-electron chi connectivity index (χ0n) is 12.0. The maximum absolute atomic E-state index is 6.12. The van der Waals surface area contributed by atoms with Gasteiger partial charge in [-0.15, -0.1) is 24.0 Å². The third-order valence-electron chi connectivity index (χ3n) is 3.92. The van der Waals surface area contributed by atoms with E-state index in [9.17, 15) is 0 Å². The summed E-state index contributed by atoms with van der Waals surface area (Å²) in [6.45, 7) is 4.45. The second kappa shape index (κ2) is 7.15. The van der Waals surface area contributed by atoms with Crippen LogP contribution in [0.3, 0.4) is 0 Å². The lowest BCUT2D eigenvalue weighted by atomic mass is 10.1. The van der Waals surface area contributed by atoms with Crippen molar-refractivity contribution in [3.63, 3.8) is 0 Å². The molecule has 0 spiro atoms. The van der Waals surface area contributed by atoms with Crippen LogP contribution in [0.25, 0.3) is 0 Å². The van der Waals surface area contributed by atoms with Crippen molar-refractivity contribution < 1.29 is 4.74 Å². The summed E-state index contributed by atoms with van der Waals surface area (Å²) in [5, 5.41) is 0.774. The number of rotatable bonds is 2. The monoisotopic (exact) mass is 421 g/mol. The minimum atomic E-state index is 0. The van der Waals surface area contributed by atoms with E-state index in [0.717, 1.165) is 31.1 Å². The number of guanidine groups is 1. The van der Waals surface area contributed by atoms with Gasteiger partial charge in [0.05, 0.1) is 18.8 Å². The highest BCUT2D eigenvalue weighted by molar-refractivity contribution is 14.0. The number of nitrogens with two attached hydrogens (primary N) is 1. The van der Waals surface area contributed by atoms with Gasteiger partial charge in [-0.3, -0.25) is 0 Å². The summed E-state index contributed by atoms with van der Waals surface area (Å²) in [5.74, 6) is 1.14. The molecule has 1 aromatic rings. The average Bonchev–Trinajstić information content (AvgIpc) is 3.19. The molecule has 116 valence electrons. The molecule has 1 aliphatic heterocycles. The molecule has 0 radical (unpaired) electrons. The average molecular weight is 422 g/mol. The Labute approximate surface area is 147 Å². The molecule has 2 N–H and O–H groups in total. The van der Waals surface area contributed by atoms with Crippen LogP contribution in [0.2, 0.25) is 5.02 Å². The van der Waals surface area contributed by atoms with Crippen molar-refractivity contribution in [3.05, 3.63) is 34.9 Å². The Hall–Kier alpha value is -0.530. The zero-order chi connectivity index (χ0) is 14.1. The summed E-state index contributed by atoms with van der Waals surface area (Å²) in [4.78, 5) is 6.78. The molecule has 21 heavy (non-hydrogen) atoms. The molecule has 1 saturated carbocycles. The van der Waals surface area contributed by atoms with E-state index in [1.54, 1.807) is 0 Å². The van der Waals surface area contributed by atoms with Crippen LogP contribution in [0, 0.1) is 0 Å². The number of aliphatic imine (C=N–C) groups is 1. The third-order valence-corrected chi connectivity index (χ3v) is 4.17. The smallest absolute Gasteiger partial charge is 0.191 e. The molecule has 0 aromatic heterocycles. The van der Waals surface area contributed by atoms with E-state index in [-0.39, 0.29) is 30.1 Å². The Balaban J connectivity index is 0.00000161. The van der Waals surface area contributed by atoms with Crippen LogP contribution in [-0.2, 0) is 4.74 Å². The molecule has 1 aromatic carbocycles. The van der Waals surface area contributed by atoms with Gasteiger partial charge in [0.25, 0.3) is 0 Å². The standard InChI is InChI=1S/C15H20ClN3O.HI/c1-10-9-19(6-7-20-10)15(17)18-14-8-13(14)11-2-4-12(16)5-3-11;/h2-5,10,13-14H,6-9H2,1H3,(H2,17,18);1H/t10?,13-,14+;/m0./s1. The summed E-state index contributed by atoms with van der Waals surface area (Å²) in [5.41, 5.74) is 7.41. The second-order valence-corrected chi connectivity index (χ2v) is 6.01. The summed E-state index contributed by atoms with van der Waals surface area (Å²) in [6, 6.07) is 8.34. The van der Waals surface area contributed by atoms with Crippen molar-refractivity contribution >= 4 is 41.5 Å². The van der Waals surface area contributed by atoms with Gasteiger partial charge in [0.2, 0.25) is 0 Å². The van der Waals surface area contributed by atoms with Crippen LogP contribution in [0.5, 0.6) is 0 Å². The van der Waals surface area contributed by atoms with E-state index in [1.807, 2.05) is 12.1 Å². The molecule has 4 nitrogen and oxygen atoms in total. The number of morpholine rings is 1. The molecule has 2 fully saturated rings. The van der Waals surface area contributed by atoms with Crippen LogP contribution in [-0.4, -0.2) is 42.7 Å². The van der Waals surface area contributed by atoms with E-state index >= 15 is 0 Å². The van der Waals surface area contributed by atoms with Gasteiger partial charge in [0, 0.05) is 24.0 Å². The number of nitrogens with zero attached hydrogens (tertiary/aromatic N) is 2. The van der Waals surface area contributed by atoms with Gasteiger partial charge < -0.3 is 15.4 Å². The van der Waals surface area contributed by atoms with Crippen molar-refractivity contribution in [2.24, 2.45) is 10.7 Å². The fourth-order valence-electron chi connectivity index (χ4n) is 2.67. The number of halogens is 2. The highest BCUT2D eigenvalue weighted by Gasteiger charge is 2.39. The second-order valence-electron chi connectivity index (χ2n) is 5.58. The zero-order valence-corrected chi connectivity index (χ0v) is 15.1. The van der Waals surface area contributed by atoms with Gasteiger partial charge in [-0.1, -0.05) is 23.7 Å². The van der Waals surface area contributed by atoms with E-state index in [2.05, 4.69) is 28.9 Å². The minimum absolute atomic E-state index is 0. The Morgan fingerprint density at radius 2 is 2.10 bits per heavy atom. The van der Waals surface area contributed by atoms with Crippen molar-refractivity contribution in [2.45, 2.75) is 31.4 Å². The number of ether oxygens (including phenoxy) is 1. The summed E-state index contributed by atoms with van der Waals surface area (Å²) < 4.78 is 5.52. The van der Waals surface area contributed by atoms with Gasteiger partial charge in [0.1, 0.15) is 0 Å². The topological polar surface area (TPSA) is 50.8 Å². The van der Waals surface area contributed by atoms with Crippen molar-refractivity contribution in [1.29, 1.82) is 0 Å². The van der Waals surface area contributed by atoms with Crippen molar-refractivity contribution in [1.82, 2.24) is 4.90 Å². The first-order valence-corrected chi connectivity index (χ1v) is 7.46. The minimum Gasteiger partial charge on any atom is -0.375 e. The molecule has 6 heteroatoms. The fourth-order valence-corrected chi connectivity index (χ4v) is 2.80. The van der Waals surface area contributed by atoms with Crippen molar-refractivity contribution in [3.8, 4) is 0 Å². The van der Waals surface area contributed by atoms with E-state index in [4.69, 9.17) is 22.1 Å². The molecule has 0 amide bonds. The first-order chi connectivity index (χ1) is 9.63. The quantitative estimate of drug-likeness (QED) is 0.454. The lowest BCUT2D eigenvalue weighted by Crippen LogP contribution is -2.48. The third kappa shape index (κ3) is 4.23. The molecule has 0 bridgehead atoms. The molecule has 3 atom stereocenters. The molecule has 1 aliphatic carbocycles. The van der Waals surface area contributed by atoms with Crippen LogP contribution in [0.1, 0.15) is 24.8 Å². The Kier molecular flexibility index (Phi) is 5.73. The normalized spacial score (nSPS) is 29.0. The Morgan fingerprint density at radius 3 is 2.76 bits per heavy atom. The van der Waals surface area contributed by atoms with Crippen molar-refractivity contribution in [2.75, 3.05) is 19.7 Å². The van der Waals surface area contributed by atoms with Gasteiger partial charge in [-0.05, 0) is 31.0 Å². The van der Waals surface area contributed by atoms with E-state index in [1.165, 1.54) is 5.56 Å². The maximum atomic E-state index is 6.12. The molecule has 1 unspecified atom stereocenters. The highest BCUT2D eigenvalue weighted by atomic mass is 127. The number of benzene rings is 1. The van der Waals surface area contributed by atoms with Gasteiger partial charge in [-0.25, -0.2) is 4.99 Å². The van der Waals surface area contributed by atoms with Gasteiger partial charge >= 0.3 is 0 Å². The van der Waals surface area contributed by atoms with Crippen LogP contribution in [0.4, 0.5) is 0 Å². The molecule has 1 heterocycles. The molecule has 3 rings (SSSR count). The van der Waals surface area contributed by atoms with E-state index in [0.29, 0.717) is 17.9 Å². The van der Waals surface area contributed by atoms with Crippen LogP contribution < -0.4 is 5.73 Å². The van der Waals surface area contributed by atoms with Crippen LogP contribution >= 0.6 is 35.6 Å². The molecular formula is C15H21ClIN3O. The predicted molar refractivity (Wildman–Crippen MR) is 96.6 cm³/mol. The molecular weight excluding hydrogens is 401 g/mol. The lowest BCUT2D eigenvalue weighted by molar-refractivity contribution is 0.00528. The van der Waals surface area contributed by atoms with Gasteiger partial charge in [0.15, 0.2) is 5.96 Å². The Bertz CT molecular complexity index is 508. The van der Waals surface area contributed by atoms with E-state index < -0.39 is 0 Å². The predicted octanol–water partition coefficient (Wildman–Crippen LogP) is 2.85. The molecule has 1 saturated heterocycles. The fraction of sp³-hybridized carbons (Fsp3) is 0.533. The highest BCUT2D eigenvalue weighted by Crippen LogP contribution is 2.43. The summed E-state index contributed by atoms with van der Waals surface area (Å²) in [6.07, 6.45) is 1.30. The SMILES string of the molecule is CC1CN(C(N)=N[C@@H]2C[C@H]2c2ccc(Cl)cc2)CCO1.I. The number of hydrogen-bond donors (Lipinski definition) is 1.